The summed E-state index contributed by atoms with van der Waals surface area (Å²) in [5, 5.41) is 0. The fourth-order valence-electron chi connectivity index (χ4n) is 2.68. The summed E-state index contributed by atoms with van der Waals surface area (Å²) in [6, 6.07) is 0.364. The molecule has 1 saturated heterocycles. The van der Waals surface area contributed by atoms with E-state index in [1.54, 1.807) is 7.11 Å². The Hall–Kier alpha value is -1.40. The average molecular weight is 282 g/mol. The minimum absolute atomic E-state index is 0.361. The van der Waals surface area contributed by atoms with Gasteiger partial charge in [0.2, 0.25) is 5.88 Å². The van der Waals surface area contributed by atoms with Crippen molar-refractivity contribution in [1.29, 1.82) is 0 Å². The van der Waals surface area contributed by atoms with Crippen molar-refractivity contribution in [2.24, 2.45) is 0 Å². The van der Waals surface area contributed by atoms with E-state index in [1.165, 1.54) is 6.33 Å². The first-order chi connectivity index (χ1) is 9.24. The average Bonchev–Trinajstić information content (AvgIpc) is 3.00. The number of hydrogen-bond acceptors (Lipinski definition) is 5. The summed E-state index contributed by atoms with van der Waals surface area (Å²) in [6.07, 6.45) is 2.59. The standard InChI is InChI=1S/C12H16ClN5O/c1-17-4-3-8(6-17)18-9(5-13)16-10-11(18)14-7-15-12(10)19-2/h7-8H,3-6H2,1-2H3. The van der Waals surface area contributed by atoms with E-state index >= 15 is 0 Å². The fraction of sp³-hybridized carbons (Fsp3) is 0.583. The Kier molecular flexibility index (Phi) is 3.28. The lowest BCUT2D eigenvalue weighted by atomic mass is 10.2. The first-order valence-electron chi connectivity index (χ1n) is 6.25. The maximum Gasteiger partial charge on any atom is 0.245 e. The van der Waals surface area contributed by atoms with Crippen molar-refractivity contribution in [3.05, 3.63) is 12.2 Å². The molecule has 7 heteroatoms. The van der Waals surface area contributed by atoms with Crippen LogP contribution in [-0.4, -0.2) is 51.7 Å². The first-order valence-corrected chi connectivity index (χ1v) is 6.78. The van der Waals surface area contributed by atoms with Gasteiger partial charge in [0, 0.05) is 6.54 Å². The summed E-state index contributed by atoms with van der Waals surface area (Å²) in [4.78, 5) is 15.3. The molecule has 0 bridgehead atoms. The highest BCUT2D eigenvalue weighted by Crippen LogP contribution is 2.29. The lowest BCUT2D eigenvalue weighted by molar-refractivity contribution is 0.392. The molecule has 102 valence electrons. The van der Waals surface area contributed by atoms with Crippen LogP contribution in [0.3, 0.4) is 0 Å². The van der Waals surface area contributed by atoms with Crippen LogP contribution in [0.25, 0.3) is 11.2 Å². The molecule has 2 aromatic rings. The van der Waals surface area contributed by atoms with E-state index in [-0.39, 0.29) is 0 Å². The molecule has 1 fully saturated rings. The van der Waals surface area contributed by atoms with Gasteiger partial charge in [-0.3, -0.25) is 0 Å². The molecular formula is C12H16ClN5O. The highest BCUT2D eigenvalue weighted by Gasteiger charge is 2.26. The minimum atomic E-state index is 0.361. The van der Waals surface area contributed by atoms with Gasteiger partial charge in [-0.15, -0.1) is 11.6 Å². The largest absolute Gasteiger partial charge is 0.479 e. The lowest BCUT2D eigenvalue weighted by Crippen LogP contribution is -2.18. The number of alkyl halides is 1. The van der Waals surface area contributed by atoms with Gasteiger partial charge in [-0.05, 0) is 20.0 Å². The smallest absolute Gasteiger partial charge is 0.245 e. The van der Waals surface area contributed by atoms with Gasteiger partial charge in [-0.2, -0.15) is 4.98 Å². The molecular weight excluding hydrogens is 266 g/mol. The van der Waals surface area contributed by atoms with Crippen LogP contribution >= 0.6 is 11.6 Å². The van der Waals surface area contributed by atoms with Gasteiger partial charge in [0.15, 0.2) is 11.2 Å². The van der Waals surface area contributed by atoms with Crippen LogP contribution in [0.15, 0.2) is 6.33 Å². The molecule has 1 aliphatic heterocycles. The molecule has 2 aromatic heterocycles. The molecule has 19 heavy (non-hydrogen) atoms. The molecule has 1 unspecified atom stereocenters. The topological polar surface area (TPSA) is 56.1 Å². The maximum absolute atomic E-state index is 6.03. The van der Waals surface area contributed by atoms with Crippen molar-refractivity contribution in [3.63, 3.8) is 0 Å². The highest BCUT2D eigenvalue weighted by atomic mass is 35.5. The van der Waals surface area contributed by atoms with Crippen molar-refractivity contribution in [1.82, 2.24) is 24.4 Å². The van der Waals surface area contributed by atoms with E-state index < -0.39 is 0 Å². The second-order valence-electron chi connectivity index (χ2n) is 4.79. The number of ether oxygens (including phenoxy) is 1. The van der Waals surface area contributed by atoms with E-state index in [2.05, 4.69) is 31.5 Å². The molecule has 0 spiro atoms. The molecule has 1 aliphatic rings. The zero-order valence-electron chi connectivity index (χ0n) is 11.0. The quantitative estimate of drug-likeness (QED) is 0.797. The summed E-state index contributed by atoms with van der Waals surface area (Å²) in [6.45, 7) is 2.07. The molecule has 3 heterocycles. The lowest BCUT2D eigenvalue weighted by Gasteiger charge is -2.15. The van der Waals surface area contributed by atoms with E-state index in [4.69, 9.17) is 16.3 Å². The van der Waals surface area contributed by atoms with Crippen molar-refractivity contribution in [3.8, 4) is 5.88 Å². The zero-order valence-corrected chi connectivity index (χ0v) is 11.8. The summed E-state index contributed by atoms with van der Waals surface area (Å²) >= 11 is 6.03. The van der Waals surface area contributed by atoms with Gasteiger partial charge in [-0.25, -0.2) is 9.97 Å². The van der Waals surface area contributed by atoms with E-state index in [1.807, 2.05) is 0 Å². The predicted octanol–water partition coefficient (Wildman–Crippen LogP) is 1.45. The molecule has 6 nitrogen and oxygen atoms in total. The fourth-order valence-corrected chi connectivity index (χ4v) is 2.87. The van der Waals surface area contributed by atoms with Gasteiger partial charge < -0.3 is 14.2 Å². The Labute approximate surface area is 116 Å². The molecule has 0 aromatic carbocycles. The van der Waals surface area contributed by atoms with Crippen molar-refractivity contribution in [2.45, 2.75) is 18.3 Å². The number of imidazole rings is 1. The Morgan fingerprint density at radius 2 is 2.32 bits per heavy atom. The summed E-state index contributed by atoms with van der Waals surface area (Å²) in [5.41, 5.74) is 1.50. The number of hydrogen-bond donors (Lipinski definition) is 0. The maximum atomic E-state index is 6.03. The number of halogens is 1. The monoisotopic (exact) mass is 281 g/mol. The van der Waals surface area contributed by atoms with Crippen molar-refractivity contribution in [2.75, 3.05) is 27.2 Å². The molecule has 0 saturated carbocycles. The predicted molar refractivity (Wildman–Crippen MR) is 72.6 cm³/mol. The zero-order chi connectivity index (χ0) is 13.4. The van der Waals surface area contributed by atoms with Crippen molar-refractivity contribution >= 4 is 22.8 Å². The number of aromatic nitrogens is 4. The summed E-state index contributed by atoms with van der Waals surface area (Å²) in [7, 11) is 3.71. The second-order valence-corrected chi connectivity index (χ2v) is 5.06. The molecule has 3 rings (SSSR count). The van der Waals surface area contributed by atoms with Crippen LogP contribution in [0.1, 0.15) is 18.3 Å². The Balaban J connectivity index is 2.16. The number of methoxy groups -OCH3 is 1. The summed E-state index contributed by atoms with van der Waals surface area (Å²) < 4.78 is 7.38. The second kappa shape index (κ2) is 4.94. The first kappa shape index (κ1) is 12.6. The van der Waals surface area contributed by atoms with Crippen LogP contribution in [0.2, 0.25) is 0 Å². The van der Waals surface area contributed by atoms with Crippen LogP contribution in [0.4, 0.5) is 0 Å². The van der Waals surface area contributed by atoms with Crippen LogP contribution < -0.4 is 4.74 Å². The number of likely N-dealkylation sites (tertiary alicyclic amines) is 1. The van der Waals surface area contributed by atoms with Gasteiger partial charge in [0.25, 0.3) is 0 Å². The van der Waals surface area contributed by atoms with E-state index in [0.717, 1.165) is 31.0 Å². The molecule has 0 radical (unpaired) electrons. The third-order valence-corrected chi connectivity index (χ3v) is 3.80. The third-order valence-electron chi connectivity index (χ3n) is 3.56. The van der Waals surface area contributed by atoms with Crippen LogP contribution in [-0.2, 0) is 5.88 Å². The number of nitrogens with zero attached hydrogens (tertiary/aromatic N) is 5. The SMILES string of the molecule is COc1ncnc2c1nc(CCl)n2C1CCN(C)C1. The third kappa shape index (κ3) is 2.04. The Bertz CT molecular complexity index is 599. The Morgan fingerprint density at radius 3 is 2.95 bits per heavy atom. The van der Waals surface area contributed by atoms with Crippen molar-refractivity contribution < 1.29 is 4.74 Å². The van der Waals surface area contributed by atoms with Crippen LogP contribution in [0, 0.1) is 0 Å². The number of likely N-dealkylation sites (N-methyl/N-ethyl adjacent to an activating group) is 1. The van der Waals surface area contributed by atoms with Gasteiger partial charge >= 0.3 is 0 Å². The van der Waals surface area contributed by atoms with Gasteiger partial charge in [0.05, 0.1) is 19.0 Å². The van der Waals surface area contributed by atoms with Crippen LogP contribution in [0.5, 0.6) is 5.88 Å². The van der Waals surface area contributed by atoms with E-state index in [9.17, 15) is 0 Å². The minimum Gasteiger partial charge on any atom is -0.479 e. The molecule has 0 N–H and O–H groups in total. The normalized spacial score (nSPS) is 20.3. The number of rotatable bonds is 3. The van der Waals surface area contributed by atoms with Gasteiger partial charge in [0.1, 0.15) is 12.2 Å². The highest BCUT2D eigenvalue weighted by molar-refractivity contribution is 6.16. The molecule has 0 amide bonds. The Morgan fingerprint density at radius 1 is 1.47 bits per heavy atom. The number of fused-ring (bicyclic) bond motifs is 1. The van der Waals surface area contributed by atoms with Gasteiger partial charge in [-0.1, -0.05) is 0 Å². The van der Waals surface area contributed by atoms with E-state index in [0.29, 0.717) is 23.3 Å². The molecule has 0 aliphatic carbocycles. The molecule has 1 atom stereocenters. The summed E-state index contributed by atoms with van der Waals surface area (Å²) in [5.74, 6) is 1.69.